The quantitative estimate of drug-likeness (QED) is 0.249. The number of hydrogen-bond acceptors (Lipinski definition) is 6. The first-order valence-electron chi connectivity index (χ1n) is 11.1. The third kappa shape index (κ3) is 14.1. The highest BCUT2D eigenvalue weighted by atomic mass is 16.7. The molecular formula is C23H47N3O4. The van der Waals surface area contributed by atoms with Gasteiger partial charge in [-0.15, -0.1) is 0 Å². The summed E-state index contributed by atoms with van der Waals surface area (Å²) >= 11 is 0. The van der Waals surface area contributed by atoms with Gasteiger partial charge in [0.2, 0.25) is 5.91 Å². The first kappa shape index (κ1) is 29.0. The molecule has 2 N–H and O–H groups in total. The molecule has 7 nitrogen and oxygen atoms in total. The number of nitrogens with zero attached hydrogens (tertiary/aromatic N) is 1. The summed E-state index contributed by atoms with van der Waals surface area (Å²) in [6, 6.07) is -0.163. The standard InChI is InChI=1S/C23H47N3O4/c1-21(2,3)20(28)18(25-22(4,5)6)13-11-12-16-24-19(27)14-15-23(7,8)30-17-26(9)29-10/h18,25H,11-17H2,1-10H3,(H,24,27). The molecule has 0 aromatic rings. The van der Waals surface area contributed by atoms with Gasteiger partial charge in [-0.25, -0.2) is 0 Å². The Labute approximate surface area is 184 Å². The first-order valence-corrected chi connectivity index (χ1v) is 11.1. The molecule has 1 amide bonds. The number of hydrogen-bond donors (Lipinski definition) is 2. The second kappa shape index (κ2) is 12.7. The van der Waals surface area contributed by atoms with Crippen molar-refractivity contribution in [1.82, 2.24) is 15.7 Å². The summed E-state index contributed by atoms with van der Waals surface area (Å²) in [6.45, 7) is 17.0. The summed E-state index contributed by atoms with van der Waals surface area (Å²) in [6.07, 6.45) is 3.56. The summed E-state index contributed by atoms with van der Waals surface area (Å²) in [5.74, 6) is 0.268. The zero-order valence-corrected chi connectivity index (χ0v) is 21.1. The van der Waals surface area contributed by atoms with E-state index < -0.39 is 5.60 Å². The molecule has 1 atom stereocenters. The van der Waals surface area contributed by atoms with Gasteiger partial charge in [0.25, 0.3) is 0 Å². The van der Waals surface area contributed by atoms with Gasteiger partial charge in [0.1, 0.15) is 6.73 Å². The Kier molecular flexibility index (Phi) is 12.3. The highest BCUT2D eigenvalue weighted by Crippen LogP contribution is 2.21. The molecule has 178 valence electrons. The molecule has 0 radical (unpaired) electrons. The highest BCUT2D eigenvalue weighted by Gasteiger charge is 2.31. The maximum Gasteiger partial charge on any atom is 0.220 e. The molecule has 0 aliphatic carbocycles. The third-order valence-corrected chi connectivity index (χ3v) is 4.81. The predicted octanol–water partition coefficient (Wildman–Crippen LogP) is 3.67. The minimum Gasteiger partial charge on any atom is -0.358 e. The predicted molar refractivity (Wildman–Crippen MR) is 122 cm³/mol. The van der Waals surface area contributed by atoms with Crippen molar-refractivity contribution < 1.29 is 19.2 Å². The zero-order valence-electron chi connectivity index (χ0n) is 21.1. The van der Waals surface area contributed by atoms with Crippen LogP contribution in [-0.4, -0.2) is 61.4 Å². The van der Waals surface area contributed by atoms with Gasteiger partial charge in [0, 0.05) is 31.0 Å². The molecule has 0 aliphatic heterocycles. The Hall–Kier alpha value is -1.02. The summed E-state index contributed by atoms with van der Waals surface area (Å²) in [5, 5.41) is 8.03. The van der Waals surface area contributed by atoms with Crippen molar-refractivity contribution in [1.29, 1.82) is 0 Å². The zero-order chi connectivity index (χ0) is 23.6. The van der Waals surface area contributed by atoms with Crippen LogP contribution in [0.3, 0.4) is 0 Å². The van der Waals surface area contributed by atoms with Crippen molar-refractivity contribution in [2.75, 3.05) is 27.4 Å². The molecule has 0 aliphatic rings. The number of carbonyl (C=O) groups excluding carboxylic acids is 2. The fourth-order valence-corrected chi connectivity index (χ4v) is 2.91. The van der Waals surface area contributed by atoms with E-state index in [-0.39, 0.29) is 28.7 Å². The largest absolute Gasteiger partial charge is 0.358 e. The SMILES string of the molecule is CON(C)COC(C)(C)CCC(=O)NCCCCC(NC(C)(C)C)C(=O)C(C)(C)C. The van der Waals surface area contributed by atoms with Crippen molar-refractivity contribution >= 4 is 11.7 Å². The number of carbonyl (C=O) groups is 2. The van der Waals surface area contributed by atoms with E-state index in [2.05, 4.69) is 31.4 Å². The van der Waals surface area contributed by atoms with Gasteiger partial charge in [-0.1, -0.05) is 20.8 Å². The fraction of sp³-hybridized carbons (Fsp3) is 0.913. The number of nitrogens with one attached hydrogen (secondary N) is 2. The van der Waals surface area contributed by atoms with Crippen LogP contribution in [0.4, 0.5) is 0 Å². The van der Waals surface area contributed by atoms with Crippen LogP contribution in [0.15, 0.2) is 0 Å². The van der Waals surface area contributed by atoms with E-state index in [9.17, 15) is 9.59 Å². The second-order valence-electron chi connectivity index (χ2n) is 10.8. The van der Waals surface area contributed by atoms with E-state index in [4.69, 9.17) is 9.57 Å². The normalized spacial score (nSPS) is 14.1. The van der Waals surface area contributed by atoms with Crippen LogP contribution in [0.5, 0.6) is 0 Å². The Morgan fingerprint density at radius 2 is 1.60 bits per heavy atom. The van der Waals surface area contributed by atoms with E-state index in [0.717, 1.165) is 19.3 Å². The van der Waals surface area contributed by atoms with E-state index in [1.54, 1.807) is 19.2 Å². The van der Waals surface area contributed by atoms with Crippen LogP contribution in [-0.2, 0) is 19.2 Å². The van der Waals surface area contributed by atoms with Gasteiger partial charge in [0.05, 0.1) is 18.8 Å². The smallest absolute Gasteiger partial charge is 0.220 e. The third-order valence-electron chi connectivity index (χ3n) is 4.81. The summed E-state index contributed by atoms with van der Waals surface area (Å²) in [4.78, 5) is 29.9. The maximum absolute atomic E-state index is 12.8. The molecule has 0 saturated heterocycles. The number of rotatable bonds is 14. The lowest BCUT2D eigenvalue weighted by atomic mass is 9.84. The van der Waals surface area contributed by atoms with E-state index >= 15 is 0 Å². The van der Waals surface area contributed by atoms with Crippen LogP contribution in [0.2, 0.25) is 0 Å². The molecule has 7 heteroatoms. The highest BCUT2D eigenvalue weighted by molar-refractivity contribution is 5.88. The number of ether oxygens (including phenoxy) is 1. The van der Waals surface area contributed by atoms with Gasteiger partial charge in [0.15, 0.2) is 5.78 Å². The molecular weight excluding hydrogens is 382 g/mol. The minimum absolute atomic E-state index is 0.0295. The lowest BCUT2D eigenvalue weighted by molar-refractivity contribution is -0.199. The fourth-order valence-electron chi connectivity index (χ4n) is 2.91. The molecule has 0 bridgehead atoms. The first-order chi connectivity index (χ1) is 13.6. The molecule has 1 unspecified atom stereocenters. The van der Waals surface area contributed by atoms with Crippen LogP contribution in [0.1, 0.15) is 87.5 Å². The minimum atomic E-state index is -0.400. The number of unbranched alkanes of at least 4 members (excludes halogenated alkanes) is 1. The van der Waals surface area contributed by atoms with Gasteiger partial charge in [-0.2, -0.15) is 5.06 Å². The molecule has 0 rings (SSSR count). The van der Waals surface area contributed by atoms with E-state index in [1.165, 1.54) is 0 Å². The molecule has 0 aromatic heterocycles. The van der Waals surface area contributed by atoms with E-state index in [1.807, 2.05) is 34.6 Å². The lowest BCUT2D eigenvalue weighted by Crippen LogP contribution is -2.50. The summed E-state index contributed by atoms with van der Waals surface area (Å²) in [5.41, 5.74) is -0.889. The number of amides is 1. The molecule has 0 aromatic carbocycles. The Bertz CT molecular complexity index is 522. The van der Waals surface area contributed by atoms with Crippen molar-refractivity contribution in [2.24, 2.45) is 5.41 Å². The van der Waals surface area contributed by atoms with Crippen molar-refractivity contribution in [2.45, 2.75) is 105 Å². The van der Waals surface area contributed by atoms with Crippen LogP contribution >= 0.6 is 0 Å². The molecule has 0 fully saturated rings. The van der Waals surface area contributed by atoms with Crippen LogP contribution < -0.4 is 10.6 Å². The Morgan fingerprint density at radius 1 is 1.00 bits per heavy atom. The number of hydroxylamine groups is 2. The van der Waals surface area contributed by atoms with E-state index in [0.29, 0.717) is 26.1 Å². The molecule has 30 heavy (non-hydrogen) atoms. The lowest BCUT2D eigenvalue weighted by Gasteiger charge is -2.32. The van der Waals surface area contributed by atoms with Crippen molar-refractivity contribution in [3.63, 3.8) is 0 Å². The summed E-state index contributed by atoms with van der Waals surface area (Å²) < 4.78 is 5.77. The molecule has 0 spiro atoms. The average Bonchev–Trinajstić information content (AvgIpc) is 2.61. The van der Waals surface area contributed by atoms with Crippen LogP contribution in [0.25, 0.3) is 0 Å². The molecule has 0 saturated carbocycles. The van der Waals surface area contributed by atoms with Crippen molar-refractivity contribution in [3.05, 3.63) is 0 Å². The average molecular weight is 430 g/mol. The molecule has 0 heterocycles. The maximum atomic E-state index is 12.8. The topological polar surface area (TPSA) is 79.9 Å². The van der Waals surface area contributed by atoms with Gasteiger partial charge < -0.3 is 20.2 Å². The summed E-state index contributed by atoms with van der Waals surface area (Å²) in [7, 11) is 3.38. The van der Waals surface area contributed by atoms with Crippen LogP contribution in [0, 0.1) is 5.41 Å². The van der Waals surface area contributed by atoms with Gasteiger partial charge in [-0.05, 0) is 60.3 Å². The Balaban J connectivity index is 4.27. The number of Topliss-reactive ketones (excluding diaryl/α,β-unsaturated/α-hetero) is 1. The van der Waals surface area contributed by atoms with Crippen molar-refractivity contribution in [3.8, 4) is 0 Å². The second-order valence-corrected chi connectivity index (χ2v) is 10.8. The van der Waals surface area contributed by atoms with Gasteiger partial charge >= 0.3 is 0 Å². The monoisotopic (exact) mass is 429 g/mol. The van der Waals surface area contributed by atoms with Gasteiger partial charge in [-0.3, -0.25) is 9.59 Å². The Morgan fingerprint density at radius 3 is 2.10 bits per heavy atom. The number of ketones is 1.